The normalized spacial score (nSPS) is 13.9. The first-order valence-corrected chi connectivity index (χ1v) is 11.0. The van der Waals surface area contributed by atoms with E-state index in [4.69, 9.17) is 4.74 Å². The number of aryl methyl sites for hydroxylation is 1. The molecule has 10 heteroatoms. The van der Waals surface area contributed by atoms with Crippen molar-refractivity contribution in [2.75, 3.05) is 23.9 Å². The van der Waals surface area contributed by atoms with Gasteiger partial charge in [-0.25, -0.2) is 9.78 Å². The minimum Gasteiger partial charge on any atom is -0.454 e. The number of ether oxygens (including phenoxy) is 1. The number of hydrogen-bond donors (Lipinski definition) is 1. The fourth-order valence-electron chi connectivity index (χ4n) is 2.87. The number of fused-ring (bicyclic) bond motifs is 1. The van der Waals surface area contributed by atoms with Gasteiger partial charge in [-0.15, -0.1) is 11.3 Å². The van der Waals surface area contributed by atoms with Gasteiger partial charge in [-0.05, 0) is 37.5 Å². The van der Waals surface area contributed by atoms with E-state index in [0.29, 0.717) is 10.9 Å². The molecule has 0 aliphatic carbocycles. The Morgan fingerprint density at radius 1 is 1.24 bits per heavy atom. The molecule has 2 heterocycles. The summed E-state index contributed by atoms with van der Waals surface area (Å²) >= 11 is 2.74. The fraction of sp³-hybridized carbons (Fsp3) is 0.316. The number of nitrogens with one attached hydrogen (secondary N) is 1. The van der Waals surface area contributed by atoms with Gasteiger partial charge in [0.05, 0.1) is 16.8 Å². The molecule has 1 N–H and O–H groups in total. The van der Waals surface area contributed by atoms with Gasteiger partial charge in [-0.3, -0.25) is 24.6 Å². The summed E-state index contributed by atoms with van der Waals surface area (Å²) in [6.45, 7) is 1.26. The molecule has 0 fully saturated rings. The topological polar surface area (TPSA) is 106 Å². The number of benzene rings is 1. The third-order valence-electron chi connectivity index (χ3n) is 4.22. The van der Waals surface area contributed by atoms with Crippen molar-refractivity contribution >= 4 is 51.9 Å². The summed E-state index contributed by atoms with van der Waals surface area (Å²) in [6.07, 6.45) is 2.09. The Kier molecular flexibility index (Phi) is 6.65. The maximum Gasteiger partial charge on any atom is 0.329 e. The van der Waals surface area contributed by atoms with Gasteiger partial charge >= 0.3 is 5.97 Å². The fourth-order valence-corrected chi connectivity index (χ4v) is 4.04. The summed E-state index contributed by atoms with van der Waals surface area (Å²) in [5.41, 5.74) is 1.29. The number of amides is 3. The minimum absolute atomic E-state index is 0.235. The monoisotopic (exact) mass is 433 g/mol. The first kappa shape index (κ1) is 21.0. The molecule has 1 aromatic heterocycles. The molecule has 0 radical (unpaired) electrons. The molecule has 3 amide bonds. The zero-order valence-corrected chi connectivity index (χ0v) is 17.5. The van der Waals surface area contributed by atoms with Crippen LogP contribution in [0.3, 0.4) is 0 Å². The maximum atomic E-state index is 12.7. The molecule has 3 rings (SSSR count). The van der Waals surface area contributed by atoms with Crippen molar-refractivity contribution in [3.8, 4) is 0 Å². The highest BCUT2D eigenvalue weighted by Gasteiger charge is 2.43. The summed E-state index contributed by atoms with van der Waals surface area (Å²) in [4.78, 5) is 55.1. The zero-order chi connectivity index (χ0) is 21.0. The highest BCUT2D eigenvalue weighted by molar-refractivity contribution is 7.98. The van der Waals surface area contributed by atoms with Gasteiger partial charge in [0, 0.05) is 5.38 Å². The van der Waals surface area contributed by atoms with Gasteiger partial charge < -0.3 is 4.74 Å². The molecule has 1 aromatic carbocycles. The van der Waals surface area contributed by atoms with Crippen molar-refractivity contribution < 1.29 is 23.9 Å². The van der Waals surface area contributed by atoms with Crippen molar-refractivity contribution in [1.29, 1.82) is 0 Å². The molecule has 1 aliphatic rings. The number of thioether (sulfide) groups is 1. The van der Waals surface area contributed by atoms with Crippen LogP contribution in [0.15, 0.2) is 29.6 Å². The molecule has 1 atom stereocenters. The van der Waals surface area contributed by atoms with Crippen LogP contribution in [0.1, 0.15) is 32.8 Å². The van der Waals surface area contributed by atoms with E-state index < -0.39 is 36.3 Å². The van der Waals surface area contributed by atoms with Gasteiger partial charge in [0.1, 0.15) is 6.04 Å². The lowest BCUT2D eigenvalue weighted by Gasteiger charge is -2.24. The molecule has 0 spiro atoms. The number of carbonyl (C=O) groups is 4. The number of rotatable bonds is 8. The number of aromatic nitrogens is 1. The largest absolute Gasteiger partial charge is 0.454 e. The molecule has 8 nitrogen and oxygen atoms in total. The van der Waals surface area contributed by atoms with Crippen LogP contribution in [0, 0.1) is 6.92 Å². The van der Waals surface area contributed by atoms with E-state index in [1.807, 2.05) is 6.26 Å². The lowest BCUT2D eigenvalue weighted by molar-refractivity contribution is -0.151. The zero-order valence-electron chi connectivity index (χ0n) is 15.8. The van der Waals surface area contributed by atoms with E-state index in [2.05, 4.69) is 10.3 Å². The lowest BCUT2D eigenvalue weighted by atomic mass is 10.1. The second-order valence-electron chi connectivity index (χ2n) is 6.27. The molecular weight excluding hydrogens is 414 g/mol. The standard InChI is InChI=1S/C19H19N3O5S2/c1-11-10-29-19(20-11)21-15(23)9-27-18(26)14(7-8-28-2)22-16(24)12-5-3-4-6-13(12)17(22)25/h3-6,10,14H,7-9H2,1-2H3,(H,20,21,23). The third-order valence-corrected chi connectivity index (χ3v) is 5.74. The van der Waals surface area contributed by atoms with Gasteiger partial charge in [0.25, 0.3) is 17.7 Å². The summed E-state index contributed by atoms with van der Waals surface area (Å²) < 4.78 is 5.12. The summed E-state index contributed by atoms with van der Waals surface area (Å²) in [5, 5.41) is 4.73. The smallest absolute Gasteiger partial charge is 0.329 e. The van der Waals surface area contributed by atoms with Crippen molar-refractivity contribution in [2.24, 2.45) is 0 Å². The maximum absolute atomic E-state index is 12.7. The highest BCUT2D eigenvalue weighted by atomic mass is 32.2. The van der Waals surface area contributed by atoms with Crippen LogP contribution in [-0.4, -0.2) is 58.2 Å². The molecule has 0 bridgehead atoms. The van der Waals surface area contributed by atoms with E-state index >= 15 is 0 Å². The highest BCUT2D eigenvalue weighted by Crippen LogP contribution is 2.26. The average molecular weight is 434 g/mol. The molecule has 1 unspecified atom stereocenters. The minimum atomic E-state index is -1.09. The molecule has 1 aliphatic heterocycles. The first-order chi connectivity index (χ1) is 13.9. The Balaban J connectivity index is 1.68. The second kappa shape index (κ2) is 9.19. The van der Waals surface area contributed by atoms with Crippen molar-refractivity contribution in [2.45, 2.75) is 19.4 Å². The van der Waals surface area contributed by atoms with Crippen LogP contribution in [0.5, 0.6) is 0 Å². The number of thiazole rings is 1. The van der Waals surface area contributed by atoms with Crippen LogP contribution in [-0.2, 0) is 14.3 Å². The second-order valence-corrected chi connectivity index (χ2v) is 8.12. The Labute approximate surface area is 175 Å². The summed E-state index contributed by atoms with van der Waals surface area (Å²) in [7, 11) is 0. The third kappa shape index (κ3) is 4.65. The summed E-state index contributed by atoms with van der Waals surface area (Å²) in [6, 6.07) is 5.33. The quantitative estimate of drug-likeness (QED) is 0.503. The van der Waals surface area contributed by atoms with Crippen LogP contribution >= 0.6 is 23.1 Å². The van der Waals surface area contributed by atoms with Crippen molar-refractivity contribution in [3.63, 3.8) is 0 Å². The molecule has 29 heavy (non-hydrogen) atoms. The molecule has 2 aromatic rings. The van der Waals surface area contributed by atoms with E-state index in [9.17, 15) is 19.2 Å². The van der Waals surface area contributed by atoms with E-state index in [0.717, 1.165) is 10.6 Å². The number of hydrogen-bond acceptors (Lipinski definition) is 8. The van der Waals surface area contributed by atoms with Crippen LogP contribution in [0.25, 0.3) is 0 Å². The van der Waals surface area contributed by atoms with Crippen LogP contribution < -0.4 is 5.32 Å². The van der Waals surface area contributed by atoms with E-state index in [1.165, 1.54) is 23.1 Å². The number of esters is 1. The molecule has 0 saturated heterocycles. The number of carbonyl (C=O) groups excluding carboxylic acids is 4. The van der Waals surface area contributed by atoms with Gasteiger partial charge in [0.15, 0.2) is 11.7 Å². The number of imide groups is 1. The predicted octanol–water partition coefficient (Wildman–Crippen LogP) is 2.35. The number of anilines is 1. The lowest BCUT2D eigenvalue weighted by Crippen LogP contribution is -2.46. The predicted molar refractivity (Wildman–Crippen MR) is 110 cm³/mol. The molecular formula is C19H19N3O5S2. The van der Waals surface area contributed by atoms with Crippen molar-refractivity contribution in [1.82, 2.24) is 9.88 Å². The van der Waals surface area contributed by atoms with Crippen LogP contribution in [0.4, 0.5) is 5.13 Å². The first-order valence-electron chi connectivity index (χ1n) is 8.77. The van der Waals surface area contributed by atoms with E-state index in [-0.39, 0.29) is 17.5 Å². The Bertz CT molecular complexity index is 924. The number of nitrogens with zero attached hydrogens (tertiary/aromatic N) is 2. The van der Waals surface area contributed by atoms with Crippen LogP contribution in [0.2, 0.25) is 0 Å². The Hall–Kier alpha value is -2.72. The molecule has 152 valence electrons. The Morgan fingerprint density at radius 3 is 2.45 bits per heavy atom. The van der Waals surface area contributed by atoms with Gasteiger partial charge in [0.2, 0.25) is 0 Å². The summed E-state index contributed by atoms with van der Waals surface area (Å²) in [5.74, 6) is -1.86. The average Bonchev–Trinajstić information content (AvgIpc) is 3.22. The SMILES string of the molecule is CSCCC(C(=O)OCC(=O)Nc1nc(C)cs1)N1C(=O)c2ccccc2C1=O. The van der Waals surface area contributed by atoms with Gasteiger partial charge in [-0.1, -0.05) is 12.1 Å². The van der Waals surface area contributed by atoms with Crippen molar-refractivity contribution in [3.05, 3.63) is 46.5 Å². The molecule has 0 saturated carbocycles. The Morgan fingerprint density at radius 2 is 1.90 bits per heavy atom. The van der Waals surface area contributed by atoms with Gasteiger partial charge in [-0.2, -0.15) is 11.8 Å². The van der Waals surface area contributed by atoms with E-state index in [1.54, 1.807) is 36.6 Å².